The Morgan fingerprint density at radius 2 is 2.35 bits per heavy atom. The van der Waals surface area contributed by atoms with Crippen LogP contribution in [0.2, 0.25) is 0 Å². The smallest absolute Gasteiger partial charge is 0.257 e. The van der Waals surface area contributed by atoms with E-state index in [-0.39, 0.29) is 11.9 Å². The normalized spacial score (nSPS) is 20.6. The van der Waals surface area contributed by atoms with Crippen LogP contribution in [0.5, 0.6) is 0 Å². The highest BCUT2D eigenvalue weighted by atomic mass is 16.2. The van der Waals surface area contributed by atoms with Crippen molar-refractivity contribution in [1.29, 1.82) is 0 Å². The first-order valence-corrected chi connectivity index (χ1v) is 6.14. The van der Waals surface area contributed by atoms with Gasteiger partial charge in [0.1, 0.15) is 0 Å². The summed E-state index contributed by atoms with van der Waals surface area (Å²) in [6, 6.07) is 0.191. The molecule has 0 radical (unpaired) electrons. The highest BCUT2D eigenvalue weighted by Gasteiger charge is 2.28. The first kappa shape index (κ1) is 12.1. The Morgan fingerprint density at radius 3 is 2.94 bits per heavy atom. The van der Waals surface area contributed by atoms with E-state index in [1.165, 1.54) is 0 Å². The monoisotopic (exact) mass is 236 g/mol. The van der Waals surface area contributed by atoms with Crippen LogP contribution in [0.3, 0.4) is 0 Å². The fourth-order valence-corrected chi connectivity index (χ4v) is 2.38. The van der Waals surface area contributed by atoms with Crippen LogP contribution in [0.25, 0.3) is 0 Å². The van der Waals surface area contributed by atoms with E-state index in [1.807, 2.05) is 18.9 Å². The second kappa shape index (κ2) is 4.87. The SMILES string of the molecule is Cc1c(C(=O)N2CCCCC2CN)cnn1C. The van der Waals surface area contributed by atoms with Gasteiger partial charge in [-0.3, -0.25) is 9.48 Å². The molecule has 2 N–H and O–H groups in total. The summed E-state index contributed by atoms with van der Waals surface area (Å²) in [5, 5.41) is 4.12. The van der Waals surface area contributed by atoms with Gasteiger partial charge >= 0.3 is 0 Å². The van der Waals surface area contributed by atoms with Crippen molar-refractivity contribution < 1.29 is 4.79 Å². The van der Waals surface area contributed by atoms with Crippen LogP contribution in [0.4, 0.5) is 0 Å². The minimum absolute atomic E-state index is 0.0748. The second-order valence-corrected chi connectivity index (χ2v) is 4.65. The lowest BCUT2D eigenvalue weighted by atomic mass is 10.0. The van der Waals surface area contributed by atoms with E-state index in [2.05, 4.69) is 5.10 Å². The van der Waals surface area contributed by atoms with Gasteiger partial charge in [0.2, 0.25) is 0 Å². The largest absolute Gasteiger partial charge is 0.334 e. The molecule has 0 bridgehead atoms. The Labute approximate surface area is 102 Å². The maximum atomic E-state index is 12.4. The van der Waals surface area contributed by atoms with E-state index in [9.17, 15) is 4.79 Å². The quantitative estimate of drug-likeness (QED) is 0.821. The number of hydrogen-bond donors (Lipinski definition) is 1. The van der Waals surface area contributed by atoms with Crippen LogP contribution < -0.4 is 5.73 Å². The highest BCUT2D eigenvalue weighted by Crippen LogP contribution is 2.20. The van der Waals surface area contributed by atoms with E-state index in [0.717, 1.165) is 31.5 Å². The first-order chi connectivity index (χ1) is 8.15. The Bertz CT molecular complexity index is 413. The molecule has 1 aliphatic heterocycles. The lowest BCUT2D eigenvalue weighted by Crippen LogP contribution is -2.47. The molecule has 2 rings (SSSR count). The molecule has 1 unspecified atom stereocenters. The molecule has 94 valence electrons. The van der Waals surface area contributed by atoms with Crippen molar-refractivity contribution in [2.24, 2.45) is 12.8 Å². The number of rotatable bonds is 2. The zero-order chi connectivity index (χ0) is 12.4. The molecular formula is C12H20N4O. The van der Waals surface area contributed by atoms with Crippen molar-refractivity contribution in [3.05, 3.63) is 17.5 Å². The van der Waals surface area contributed by atoms with Crippen LogP contribution >= 0.6 is 0 Å². The first-order valence-electron chi connectivity index (χ1n) is 6.14. The van der Waals surface area contributed by atoms with Gasteiger partial charge < -0.3 is 10.6 Å². The maximum Gasteiger partial charge on any atom is 0.257 e. The Balaban J connectivity index is 2.21. The third kappa shape index (κ3) is 2.20. The Hall–Kier alpha value is -1.36. The van der Waals surface area contributed by atoms with Gasteiger partial charge in [-0.25, -0.2) is 0 Å². The van der Waals surface area contributed by atoms with Crippen molar-refractivity contribution in [3.8, 4) is 0 Å². The van der Waals surface area contributed by atoms with E-state index in [4.69, 9.17) is 5.73 Å². The highest BCUT2D eigenvalue weighted by molar-refractivity contribution is 5.95. The molecule has 0 aliphatic carbocycles. The van der Waals surface area contributed by atoms with Gasteiger partial charge in [-0.15, -0.1) is 0 Å². The van der Waals surface area contributed by atoms with E-state index < -0.39 is 0 Å². The number of nitrogens with zero attached hydrogens (tertiary/aromatic N) is 3. The van der Waals surface area contributed by atoms with Crippen molar-refractivity contribution in [2.75, 3.05) is 13.1 Å². The standard InChI is InChI=1S/C12H20N4O/c1-9-11(8-14-15(9)2)12(17)16-6-4-3-5-10(16)7-13/h8,10H,3-7,13H2,1-2H3. The van der Waals surface area contributed by atoms with Crippen LogP contribution in [-0.2, 0) is 7.05 Å². The van der Waals surface area contributed by atoms with Gasteiger partial charge in [-0.2, -0.15) is 5.10 Å². The van der Waals surface area contributed by atoms with Crippen molar-refractivity contribution in [1.82, 2.24) is 14.7 Å². The van der Waals surface area contributed by atoms with Crippen molar-refractivity contribution in [2.45, 2.75) is 32.2 Å². The molecule has 17 heavy (non-hydrogen) atoms. The van der Waals surface area contributed by atoms with E-state index in [0.29, 0.717) is 12.1 Å². The average molecular weight is 236 g/mol. The molecule has 1 aromatic heterocycles. The number of amides is 1. The summed E-state index contributed by atoms with van der Waals surface area (Å²) in [5.74, 6) is 0.0748. The lowest BCUT2D eigenvalue weighted by Gasteiger charge is -2.35. The summed E-state index contributed by atoms with van der Waals surface area (Å²) in [5.41, 5.74) is 7.35. The predicted octanol–water partition coefficient (Wildman–Crippen LogP) is 0.682. The number of carbonyl (C=O) groups excluding carboxylic acids is 1. The number of likely N-dealkylation sites (tertiary alicyclic amines) is 1. The van der Waals surface area contributed by atoms with Gasteiger partial charge in [-0.1, -0.05) is 0 Å². The summed E-state index contributed by atoms with van der Waals surface area (Å²) in [7, 11) is 1.85. The fourth-order valence-electron chi connectivity index (χ4n) is 2.38. The number of aryl methyl sites for hydroxylation is 1. The minimum atomic E-state index is 0.0748. The third-order valence-corrected chi connectivity index (χ3v) is 3.63. The number of carbonyl (C=O) groups is 1. The summed E-state index contributed by atoms with van der Waals surface area (Å²) >= 11 is 0. The van der Waals surface area contributed by atoms with Crippen LogP contribution in [0.15, 0.2) is 6.20 Å². The van der Waals surface area contributed by atoms with Crippen LogP contribution in [0, 0.1) is 6.92 Å². The number of nitrogens with two attached hydrogens (primary N) is 1. The van der Waals surface area contributed by atoms with Crippen molar-refractivity contribution in [3.63, 3.8) is 0 Å². The fraction of sp³-hybridized carbons (Fsp3) is 0.667. The topological polar surface area (TPSA) is 64.2 Å². The van der Waals surface area contributed by atoms with Gasteiger partial charge in [0, 0.05) is 31.9 Å². The molecule has 1 aromatic rings. The zero-order valence-corrected chi connectivity index (χ0v) is 10.5. The summed E-state index contributed by atoms with van der Waals surface area (Å²) in [4.78, 5) is 14.3. The number of aromatic nitrogens is 2. The van der Waals surface area contributed by atoms with Gasteiger partial charge in [-0.05, 0) is 26.2 Å². The van der Waals surface area contributed by atoms with E-state index in [1.54, 1.807) is 10.9 Å². The lowest BCUT2D eigenvalue weighted by molar-refractivity contribution is 0.0622. The molecule has 0 aromatic carbocycles. The Kier molecular flexibility index (Phi) is 3.47. The minimum Gasteiger partial charge on any atom is -0.334 e. The van der Waals surface area contributed by atoms with Crippen molar-refractivity contribution >= 4 is 5.91 Å². The second-order valence-electron chi connectivity index (χ2n) is 4.65. The summed E-state index contributed by atoms with van der Waals surface area (Å²) in [6.45, 7) is 3.28. The third-order valence-electron chi connectivity index (χ3n) is 3.63. The summed E-state index contributed by atoms with van der Waals surface area (Å²) in [6.07, 6.45) is 4.90. The molecule has 1 aliphatic rings. The van der Waals surface area contributed by atoms with Crippen LogP contribution in [-0.4, -0.2) is 39.7 Å². The van der Waals surface area contributed by atoms with Crippen LogP contribution in [0.1, 0.15) is 35.3 Å². The zero-order valence-electron chi connectivity index (χ0n) is 10.5. The maximum absolute atomic E-state index is 12.4. The van der Waals surface area contributed by atoms with Gasteiger partial charge in [0.05, 0.1) is 11.8 Å². The molecule has 0 saturated carbocycles. The molecule has 1 atom stereocenters. The average Bonchev–Trinajstić information content (AvgIpc) is 2.69. The molecule has 1 amide bonds. The van der Waals surface area contributed by atoms with Gasteiger partial charge in [0.15, 0.2) is 0 Å². The molecule has 1 saturated heterocycles. The van der Waals surface area contributed by atoms with E-state index >= 15 is 0 Å². The number of hydrogen-bond acceptors (Lipinski definition) is 3. The Morgan fingerprint density at radius 1 is 1.59 bits per heavy atom. The van der Waals surface area contributed by atoms with Gasteiger partial charge in [0.25, 0.3) is 5.91 Å². The molecule has 2 heterocycles. The summed E-state index contributed by atoms with van der Waals surface area (Å²) < 4.78 is 1.73. The molecule has 0 spiro atoms. The number of piperidine rings is 1. The molecule has 5 nitrogen and oxygen atoms in total. The predicted molar refractivity (Wildman–Crippen MR) is 65.7 cm³/mol. The molecule has 5 heteroatoms. The molecule has 1 fully saturated rings. The molecular weight excluding hydrogens is 216 g/mol.